The zero-order valence-electron chi connectivity index (χ0n) is 16.9. The van der Waals surface area contributed by atoms with Gasteiger partial charge in [0.2, 0.25) is 0 Å². The van der Waals surface area contributed by atoms with Gasteiger partial charge >= 0.3 is 180 Å². The zero-order chi connectivity index (χ0) is 20.1. The second kappa shape index (κ2) is 7.20. The van der Waals surface area contributed by atoms with Gasteiger partial charge in [-0.3, -0.25) is 0 Å². The number of phenolic OH excluding ortho intramolecular Hbond substituents is 1. The number of aryl methyl sites for hydroxylation is 1. The molecule has 2 nitrogen and oxygen atoms in total. The summed E-state index contributed by atoms with van der Waals surface area (Å²) in [7, 11) is 0. The van der Waals surface area contributed by atoms with Gasteiger partial charge in [-0.25, -0.2) is 0 Å². The fourth-order valence-electron chi connectivity index (χ4n) is 6.45. The molecule has 0 bridgehead atoms. The van der Waals surface area contributed by atoms with E-state index in [-0.39, 0.29) is 20.4 Å². The van der Waals surface area contributed by atoms with Gasteiger partial charge in [0.15, 0.2) is 0 Å². The van der Waals surface area contributed by atoms with Crippen LogP contribution in [0.5, 0.6) is 5.75 Å². The second-order valence-electron chi connectivity index (χ2n) is 9.30. The van der Waals surface area contributed by atoms with Crippen molar-refractivity contribution in [3.8, 4) is 16.5 Å². The molecule has 3 heteroatoms. The molecule has 0 spiro atoms. The van der Waals surface area contributed by atoms with Crippen molar-refractivity contribution in [3.63, 3.8) is 0 Å². The van der Waals surface area contributed by atoms with Crippen LogP contribution in [0, 0.1) is 28.0 Å². The Kier molecular flexibility index (Phi) is 4.78. The average molecular weight is 451 g/mol. The molecule has 3 aliphatic carbocycles. The normalized spacial score (nSPS) is 35.0. The van der Waals surface area contributed by atoms with Crippen LogP contribution in [0.4, 0.5) is 0 Å². The standard InChI is InChI=1S/C26H28O2Se/c1-25-13-11-22-21-10-8-19(27)17-18(21)7-9-23(22)24(25)12-14-26(25,28)15-16-29-20-5-3-2-4-6-20/h2-6,8,10,17,22-24,27-28H,7,9,11-14H2,1H3/t22-,23-,24+,25+,26-/m1/s1. The SMILES string of the molecule is C[C@]12CC[C@@H]3c4ccc(O)cc4CC[C@H]3[C@@H]1CC[C@@]2(O)C#C[Se]c1ccccc1. The number of phenols is 1. The molecule has 0 saturated heterocycles. The van der Waals surface area contributed by atoms with Gasteiger partial charge in [0.05, 0.1) is 0 Å². The first kappa shape index (κ1) is 19.3. The molecule has 0 radical (unpaired) electrons. The third-order valence-corrected chi connectivity index (χ3v) is 9.53. The first-order chi connectivity index (χ1) is 14.0. The van der Waals surface area contributed by atoms with Crippen LogP contribution in [0.3, 0.4) is 0 Å². The monoisotopic (exact) mass is 452 g/mol. The molecule has 2 aromatic carbocycles. The number of aliphatic hydroxyl groups is 1. The van der Waals surface area contributed by atoms with Crippen LogP contribution in [-0.2, 0) is 6.42 Å². The predicted octanol–water partition coefficient (Wildman–Crippen LogP) is 3.97. The van der Waals surface area contributed by atoms with Crippen LogP contribution in [0.1, 0.15) is 56.1 Å². The van der Waals surface area contributed by atoms with Crippen LogP contribution in [0.2, 0.25) is 0 Å². The summed E-state index contributed by atoms with van der Waals surface area (Å²) >= 11 is 0.0917. The van der Waals surface area contributed by atoms with E-state index in [1.165, 1.54) is 22.0 Å². The summed E-state index contributed by atoms with van der Waals surface area (Å²) in [6.07, 6.45) is 6.23. The van der Waals surface area contributed by atoms with E-state index in [0.717, 1.165) is 32.1 Å². The Balaban J connectivity index is 1.40. The van der Waals surface area contributed by atoms with E-state index in [4.69, 9.17) is 0 Å². The first-order valence-electron chi connectivity index (χ1n) is 10.8. The van der Waals surface area contributed by atoms with E-state index < -0.39 is 5.60 Å². The van der Waals surface area contributed by atoms with Crippen molar-refractivity contribution in [2.24, 2.45) is 17.3 Å². The zero-order valence-corrected chi connectivity index (χ0v) is 18.6. The number of benzene rings is 2. The molecule has 2 saturated carbocycles. The average Bonchev–Trinajstić information content (AvgIpc) is 2.99. The summed E-state index contributed by atoms with van der Waals surface area (Å²) in [4.78, 5) is 3.37. The Bertz CT molecular complexity index is 975. The number of fused-ring (bicyclic) bond motifs is 5. The van der Waals surface area contributed by atoms with E-state index in [2.05, 4.69) is 48.0 Å². The summed E-state index contributed by atoms with van der Waals surface area (Å²) in [5.41, 5.74) is 1.81. The van der Waals surface area contributed by atoms with Gasteiger partial charge in [-0.1, -0.05) is 0 Å². The molecule has 150 valence electrons. The molecule has 5 rings (SSSR count). The van der Waals surface area contributed by atoms with E-state index in [9.17, 15) is 10.2 Å². The Morgan fingerprint density at radius 2 is 1.86 bits per heavy atom. The molecular weight excluding hydrogens is 423 g/mol. The predicted molar refractivity (Wildman–Crippen MR) is 117 cm³/mol. The molecule has 3 aliphatic rings. The summed E-state index contributed by atoms with van der Waals surface area (Å²) in [6.45, 7) is 2.30. The number of aromatic hydroxyl groups is 1. The Morgan fingerprint density at radius 3 is 2.69 bits per heavy atom. The van der Waals surface area contributed by atoms with Crippen molar-refractivity contribution < 1.29 is 10.2 Å². The Labute approximate surface area is 179 Å². The van der Waals surface area contributed by atoms with Gasteiger partial charge in [-0.05, 0) is 0 Å². The van der Waals surface area contributed by atoms with Crippen LogP contribution in [0.15, 0.2) is 48.5 Å². The van der Waals surface area contributed by atoms with Crippen molar-refractivity contribution in [2.75, 3.05) is 0 Å². The van der Waals surface area contributed by atoms with E-state index in [1.54, 1.807) is 0 Å². The van der Waals surface area contributed by atoms with E-state index in [0.29, 0.717) is 23.5 Å². The van der Waals surface area contributed by atoms with Gasteiger partial charge in [0.1, 0.15) is 0 Å². The minimum atomic E-state index is -0.853. The van der Waals surface area contributed by atoms with Gasteiger partial charge in [-0.2, -0.15) is 0 Å². The van der Waals surface area contributed by atoms with Crippen LogP contribution in [-0.4, -0.2) is 30.8 Å². The molecule has 2 fully saturated rings. The molecule has 2 aromatic rings. The van der Waals surface area contributed by atoms with E-state index >= 15 is 0 Å². The summed E-state index contributed by atoms with van der Waals surface area (Å²) in [5.74, 6) is 5.48. The maximum absolute atomic E-state index is 11.6. The van der Waals surface area contributed by atoms with Crippen LogP contribution in [0.25, 0.3) is 0 Å². The number of hydrogen-bond acceptors (Lipinski definition) is 2. The molecule has 0 heterocycles. The van der Waals surface area contributed by atoms with Gasteiger partial charge in [0.25, 0.3) is 0 Å². The molecule has 5 atom stereocenters. The Hall–Kier alpha value is -1.72. The van der Waals surface area contributed by atoms with Gasteiger partial charge in [-0.15, -0.1) is 0 Å². The summed E-state index contributed by atoms with van der Waals surface area (Å²) < 4.78 is 1.27. The fraction of sp³-hybridized carbons (Fsp3) is 0.462. The molecule has 0 unspecified atom stereocenters. The third-order valence-electron chi connectivity index (χ3n) is 8.03. The fourth-order valence-corrected chi connectivity index (χ4v) is 7.77. The summed E-state index contributed by atoms with van der Waals surface area (Å²) in [5, 5.41) is 21.5. The van der Waals surface area contributed by atoms with Crippen molar-refractivity contribution in [1.82, 2.24) is 0 Å². The molecule has 0 aromatic heterocycles. The Morgan fingerprint density at radius 1 is 1.03 bits per heavy atom. The second-order valence-corrected chi connectivity index (χ2v) is 11.1. The van der Waals surface area contributed by atoms with Gasteiger partial charge in [0, 0.05) is 0 Å². The number of hydrogen-bond donors (Lipinski definition) is 2. The van der Waals surface area contributed by atoms with Crippen LogP contribution >= 0.6 is 0 Å². The minimum absolute atomic E-state index is 0.0917. The van der Waals surface area contributed by atoms with Crippen molar-refractivity contribution in [2.45, 2.75) is 57.0 Å². The quantitative estimate of drug-likeness (QED) is 0.509. The van der Waals surface area contributed by atoms with Crippen LogP contribution < -0.4 is 4.46 Å². The molecule has 29 heavy (non-hydrogen) atoms. The maximum atomic E-state index is 11.6. The number of rotatable bonds is 1. The third kappa shape index (κ3) is 3.14. The van der Waals surface area contributed by atoms with E-state index in [1.807, 2.05) is 18.2 Å². The van der Waals surface area contributed by atoms with Crippen molar-refractivity contribution in [1.29, 1.82) is 0 Å². The molecule has 2 N–H and O–H groups in total. The van der Waals surface area contributed by atoms with Crippen molar-refractivity contribution in [3.05, 3.63) is 59.7 Å². The molecule has 0 aliphatic heterocycles. The first-order valence-corrected chi connectivity index (χ1v) is 12.5. The summed E-state index contributed by atoms with van der Waals surface area (Å²) in [6, 6.07) is 16.3. The topological polar surface area (TPSA) is 40.5 Å². The van der Waals surface area contributed by atoms with Gasteiger partial charge < -0.3 is 0 Å². The van der Waals surface area contributed by atoms with Crippen molar-refractivity contribution >= 4 is 19.4 Å². The molecule has 0 amide bonds. The molecular formula is C26H28O2Se.